The normalized spacial score (nSPS) is 16.9. The second-order valence-corrected chi connectivity index (χ2v) is 14.4. The van der Waals surface area contributed by atoms with Crippen LogP contribution in [-0.2, 0) is 31.4 Å². The van der Waals surface area contributed by atoms with Crippen LogP contribution in [0.1, 0.15) is 40.9 Å². The molecule has 0 atom stereocenters. The van der Waals surface area contributed by atoms with Gasteiger partial charge < -0.3 is 19.5 Å². The lowest BCUT2D eigenvalue weighted by atomic mass is 9.72. The van der Waals surface area contributed by atoms with Gasteiger partial charge >= 0.3 is 0 Å². The van der Waals surface area contributed by atoms with Gasteiger partial charge in [0.2, 0.25) is 5.91 Å². The first kappa shape index (κ1) is 34.4. The summed E-state index contributed by atoms with van der Waals surface area (Å²) in [7, 11) is 3.50. The fourth-order valence-electron chi connectivity index (χ4n) is 7.59. The van der Waals surface area contributed by atoms with Crippen molar-refractivity contribution in [2.45, 2.75) is 32.9 Å². The van der Waals surface area contributed by atoms with Gasteiger partial charge in [-0.3, -0.25) is 28.8 Å². The fraction of sp³-hybridized carbons (Fsp3) is 0.405. The Kier molecular flexibility index (Phi) is 9.60. The molecule has 7 rings (SSSR count). The van der Waals surface area contributed by atoms with Gasteiger partial charge in [-0.15, -0.1) is 0 Å². The largest absolute Gasteiger partial charge is 0.496 e. The Morgan fingerprint density at radius 2 is 1.82 bits per heavy atom. The molecule has 2 aromatic carbocycles. The topological polar surface area (TPSA) is 95.8 Å². The van der Waals surface area contributed by atoms with Crippen molar-refractivity contribution in [2.24, 2.45) is 12.5 Å². The number of nitrogens with one attached hydrogen (secondary N) is 1. The lowest BCUT2D eigenvalue weighted by Crippen LogP contribution is -2.72. The van der Waals surface area contributed by atoms with Crippen molar-refractivity contribution < 1.29 is 18.7 Å². The van der Waals surface area contributed by atoms with E-state index in [1.165, 1.54) is 0 Å². The molecule has 1 spiro atoms. The molecule has 3 aliphatic heterocycles. The van der Waals surface area contributed by atoms with E-state index in [2.05, 4.69) is 25.1 Å². The van der Waals surface area contributed by atoms with Gasteiger partial charge in [-0.05, 0) is 24.6 Å². The summed E-state index contributed by atoms with van der Waals surface area (Å²) in [5.74, 6) is 0.812. The number of hydrogen-bond acceptors (Lipinski definition) is 7. The summed E-state index contributed by atoms with van der Waals surface area (Å²) >= 11 is 14.0. The zero-order chi connectivity index (χ0) is 35.2. The van der Waals surface area contributed by atoms with Crippen LogP contribution in [0.25, 0.3) is 22.4 Å². The average molecular weight is 721 g/mol. The fourth-order valence-corrected chi connectivity index (χ4v) is 8.19. The van der Waals surface area contributed by atoms with Gasteiger partial charge in [-0.25, -0.2) is 4.98 Å². The number of likely N-dealkylation sites (tertiary alicyclic amines) is 2. The molecule has 4 aromatic rings. The number of methoxy groups -OCH3 is 1. The second kappa shape index (κ2) is 13.9. The van der Waals surface area contributed by atoms with Crippen molar-refractivity contribution in [3.8, 4) is 28.1 Å². The molecule has 1 N–H and O–H groups in total. The van der Waals surface area contributed by atoms with Gasteiger partial charge in [-0.1, -0.05) is 47.5 Å². The molecule has 2 saturated heterocycles. The molecule has 0 unspecified atom stereocenters. The van der Waals surface area contributed by atoms with Crippen LogP contribution >= 0.6 is 23.2 Å². The first-order valence-electron chi connectivity index (χ1n) is 16.8. The maximum Gasteiger partial charge on any atom is 0.291 e. The molecule has 50 heavy (non-hydrogen) atoms. The van der Waals surface area contributed by atoms with Crippen molar-refractivity contribution in [1.82, 2.24) is 29.2 Å². The van der Waals surface area contributed by atoms with Gasteiger partial charge in [0.25, 0.3) is 5.91 Å². The number of fused-ring (bicyclic) bond motifs is 1. The molecule has 262 valence electrons. The van der Waals surface area contributed by atoms with Gasteiger partial charge in [0.15, 0.2) is 5.82 Å². The Morgan fingerprint density at radius 3 is 2.56 bits per heavy atom. The maximum absolute atomic E-state index is 13.5. The van der Waals surface area contributed by atoms with Crippen LogP contribution in [0, 0.1) is 5.41 Å². The predicted octanol–water partition coefficient (Wildman–Crippen LogP) is 6.10. The van der Waals surface area contributed by atoms with E-state index in [1.807, 2.05) is 46.8 Å². The van der Waals surface area contributed by atoms with Gasteiger partial charge in [0.05, 0.1) is 40.9 Å². The molecule has 0 aliphatic carbocycles. The van der Waals surface area contributed by atoms with Crippen molar-refractivity contribution in [3.63, 3.8) is 0 Å². The summed E-state index contributed by atoms with van der Waals surface area (Å²) < 4.78 is 20.4. The van der Waals surface area contributed by atoms with E-state index in [4.69, 9.17) is 27.9 Å². The number of carbonyl (C=O) groups is 2. The molecule has 10 nitrogen and oxygen atoms in total. The van der Waals surface area contributed by atoms with Crippen LogP contribution in [0.15, 0.2) is 48.7 Å². The number of carbonyl (C=O) groups excluding carboxylic acids is 2. The quantitative estimate of drug-likeness (QED) is 0.212. The highest BCUT2D eigenvalue weighted by molar-refractivity contribution is 6.39. The van der Waals surface area contributed by atoms with Gasteiger partial charge in [0.1, 0.15) is 5.75 Å². The van der Waals surface area contributed by atoms with Crippen molar-refractivity contribution in [2.75, 3.05) is 58.4 Å². The highest BCUT2D eigenvalue weighted by Gasteiger charge is 2.52. The number of anilines is 1. The summed E-state index contributed by atoms with van der Waals surface area (Å²) in [4.78, 5) is 40.8. The number of ether oxygens (including phenoxy) is 1. The van der Waals surface area contributed by atoms with E-state index in [0.29, 0.717) is 57.9 Å². The summed E-state index contributed by atoms with van der Waals surface area (Å²) in [5, 5.41) is 3.71. The lowest BCUT2D eigenvalue weighted by molar-refractivity contribution is -0.157. The minimum atomic E-state index is -0.371. The molecule has 2 amide bonds. The minimum absolute atomic E-state index is 0.142. The standard InChI is InChI=1S/C37H40Cl2FN7O3/c1-23(48)47-21-37(22-47)19-46(20-37)17-25-9-8-24(16-31(25)50-3)34-33(39)27(10-13-41-34)26-6-4-7-28(32(26)38)43-36(49)35-42-29-18-45(14-5-12-40)15-11-30(29)44(35)2/h4,6-10,13,16H,5,11-12,14-15,17-22H2,1-3H3,(H,43,49). The molecule has 5 heterocycles. The van der Waals surface area contributed by atoms with Crippen molar-refractivity contribution >= 4 is 40.7 Å². The van der Waals surface area contributed by atoms with E-state index < -0.39 is 0 Å². The Hall–Kier alpha value is -4.03. The second-order valence-electron chi connectivity index (χ2n) is 13.6. The third kappa shape index (κ3) is 6.48. The number of alkyl halides is 1. The Balaban J connectivity index is 1.07. The van der Waals surface area contributed by atoms with E-state index in [9.17, 15) is 14.0 Å². The molecule has 0 radical (unpaired) electrons. The monoisotopic (exact) mass is 719 g/mol. The van der Waals surface area contributed by atoms with Crippen LogP contribution in [-0.4, -0.2) is 94.1 Å². The first-order chi connectivity index (χ1) is 24.1. The van der Waals surface area contributed by atoms with E-state index >= 15 is 0 Å². The zero-order valence-corrected chi connectivity index (χ0v) is 30.0. The first-order valence-corrected chi connectivity index (χ1v) is 17.6. The van der Waals surface area contributed by atoms with Crippen LogP contribution in [0.5, 0.6) is 5.75 Å². The number of nitrogens with zero attached hydrogens (tertiary/aromatic N) is 6. The number of halogens is 3. The van der Waals surface area contributed by atoms with E-state index in [1.54, 1.807) is 32.4 Å². The third-order valence-corrected chi connectivity index (χ3v) is 10.9. The summed E-state index contributed by atoms with van der Waals surface area (Å²) in [6.07, 6.45) is 2.92. The number of rotatable bonds is 10. The molecule has 2 aromatic heterocycles. The molecule has 0 saturated carbocycles. The summed E-state index contributed by atoms with van der Waals surface area (Å²) in [5.41, 5.74) is 6.29. The average Bonchev–Trinajstić information content (AvgIpc) is 3.40. The van der Waals surface area contributed by atoms with E-state index in [-0.39, 0.29) is 23.9 Å². The van der Waals surface area contributed by atoms with Crippen molar-refractivity contribution in [1.29, 1.82) is 0 Å². The highest BCUT2D eigenvalue weighted by atomic mass is 35.5. The van der Waals surface area contributed by atoms with Crippen LogP contribution in [0.4, 0.5) is 10.1 Å². The summed E-state index contributed by atoms with van der Waals surface area (Å²) in [6, 6.07) is 13.2. The van der Waals surface area contributed by atoms with Gasteiger partial charge in [-0.2, -0.15) is 0 Å². The molecular weight excluding hydrogens is 680 g/mol. The molecular formula is C37H40Cl2FN7O3. The van der Waals surface area contributed by atoms with Crippen LogP contribution < -0.4 is 10.1 Å². The lowest BCUT2D eigenvalue weighted by Gasteiger charge is -2.60. The Morgan fingerprint density at radius 1 is 1.04 bits per heavy atom. The Labute approximate surface area is 301 Å². The number of imidazole rings is 1. The summed E-state index contributed by atoms with van der Waals surface area (Å²) in [6.45, 7) is 7.68. The maximum atomic E-state index is 13.5. The van der Waals surface area contributed by atoms with E-state index in [0.717, 1.165) is 74.0 Å². The molecule has 3 aliphatic rings. The molecule has 0 bridgehead atoms. The molecule has 2 fully saturated rings. The molecule has 13 heteroatoms. The number of aromatic nitrogens is 3. The number of benzene rings is 2. The highest BCUT2D eigenvalue weighted by Crippen LogP contribution is 2.43. The van der Waals surface area contributed by atoms with Gasteiger partial charge in [0, 0.05) is 112 Å². The smallest absolute Gasteiger partial charge is 0.291 e. The Bertz CT molecular complexity index is 1950. The number of pyridine rings is 1. The number of amides is 2. The third-order valence-electron chi connectivity index (χ3n) is 10.1. The SMILES string of the molecule is COc1cc(-c2nccc(-c3cccc(NC(=O)c4nc5c(n4C)CCN(CCCF)C5)c3Cl)c2Cl)ccc1CN1CC2(C1)CN(C(C)=O)C2. The van der Waals surface area contributed by atoms with Crippen LogP contribution in [0.3, 0.4) is 0 Å². The minimum Gasteiger partial charge on any atom is -0.496 e. The van der Waals surface area contributed by atoms with Crippen LogP contribution in [0.2, 0.25) is 10.0 Å². The number of hydrogen-bond donors (Lipinski definition) is 1. The zero-order valence-electron chi connectivity index (χ0n) is 28.4. The predicted molar refractivity (Wildman–Crippen MR) is 192 cm³/mol. The van der Waals surface area contributed by atoms with Crippen molar-refractivity contribution in [3.05, 3.63) is 81.5 Å².